The molecular weight excluding hydrogens is 314 g/mol. The highest BCUT2D eigenvalue weighted by Gasteiger charge is 2.20. The number of hydrogen-bond donors (Lipinski definition) is 2. The summed E-state index contributed by atoms with van der Waals surface area (Å²) in [5.41, 5.74) is 6.84. The van der Waals surface area contributed by atoms with Gasteiger partial charge < -0.3 is 11.1 Å². The Morgan fingerprint density at radius 3 is 2.61 bits per heavy atom. The molecule has 2 rings (SSSR count). The lowest BCUT2D eigenvalue weighted by Gasteiger charge is -2.16. The fourth-order valence-corrected chi connectivity index (χ4v) is 2.33. The van der Waals surface area contributed by atoms with Crippen LogP contribution in [0.15, 0.2) is 48.5 Å². The highest BCUT2D eigenvalue weighted by Crippen LogP contribution is 2.15. The predicted molar refractivity (Wildman–Crippen MR) is 86.8 cm³/mol. The third-order valence-corrected chi connectivity index (χ3v) is 3.59. The number of nitrogens with one attached hydrogen (secondary N) is 1. The van der Waals surface area contributed by atoms with Gasteiger partial charge in [0.15, 0.2) is 0 Å². The molecule has 2 aromatic rings. The maximum absolute atomic E-state index is 12.2. The summed E-state index contributed by atoms with van der Waals surface area (Å²) in [5.74, 6) is -1.14. The van der Waals surface area contributed by atoms with Gasteiger partial charge in [0.25, 0.3) is 5.91 Å². The molecule has 0 heterocycles. The predicted octanol–water partition coefficient (Wildman–Crippen LogP) is 2.04. The fraction of sp³-hybridized carbons (Fsp3) is 0.118. The number of hydrogen-bond acceptors (Lipinski definition) is 3. The Labute approximate surface area is 138 Å². The summed E-state index contributed by atoms with van der Waals surface area (Å²) in [6.45, 7) is 0. The maximum Gasteiger partial charge on any atom is 0.253 e. The van der Waals surface area contributed by atoms with Gasteiger partial charge in [-0.25, -0.2) is 0 Å². The van der Waals surface area contributed by atoms with Gasteiger partial charge in [0, 0.05) is 6.42 Å². The minimum Gasteiger partial charge on any atom is -0.368 e. The molecule has 0 radical (unpaired) electrons. The Morgan fingerprint density at radius 2 is 1.96 bits per heavy atom. The van der Waals surface area contributed by atoms with E-state index in [9.17, 15) is 9.59 Å². The van der Waals surface area contributed by atoms with Crippen molar-refractivity contribution in [1.82, 2.24) is 5.32 Å². The average molecular weight is 328 g/mol. The summed E-state index contributed by atoms with van der Waals surface area (Å²) in [5, 5.41) is 11.8. The molecule has 0 spiro atoms. The Balaban J connectivity index is 2.16. The Bertz CT molecular complexity index is 783. The van der Waals surface area contributed by atoms with Crippen LogP contribution in [0.5, 0.6) is 0 Å². The van der Waals surface area contributed by atoms with Crippen LogP contribution in [0.3, 0.4) is 0 Å². The van der Waals surface area contributed by atoms with Crippen molar-refractivity contribution in [3.8, 4) is 6.07 Å². The van der Waals surface area contributed by atoms with Crippen LogP contribution in [0.4, 0.5) is 0 Å². The van der Waals surface area contributed by atoms with Crippen LogP contribution in [-0.2, 0) is 11.2 Å². The van der Waals surface area contributed by atoms with Gasteiger partial charge in [0.2, 0.25) is 5.91 Å². The number of nitriles is 1. The first-order chi connectivity index (χ1) is 11.0. The summed E-state index contributed by atoms with van der Waals surface area (Å²) >= 11 is 5.97. The van der Waals surface area contributed by atoms with Crippen LogP contribution < -0.4 is 11.1 Å². The van der Waals surface area contributed by atoms with Crippen LogP contribution in [0.2, 0.25) is 5.02 Å². The highest BCUT2D eigenvalue weighted by atomic mass is 35.5. The molecule has 6 heteroatoms. The lowest BCUT2D eigenvalue weighted by atomic mass is 10.0. The zero-order valence-electron chi connectivity index (χ0n) is 12.1. The first-order valence-electron chi connectivity index (χ1n) is 6.85. The van der Waals surface area contributed by atoms with E-state index < -0.39 is 17.9 Å². The van der Waals surface area contributed by atoms with Crippen LogP contribution in [0.25, 0.3) is 0 Å². The number of benzene rings is 2. The smallest absolute Gasteiger partial charge is 0.253 e. The lowest BCUT2D eigenvalue weighted by Crippen LogP contribution is -2.45. The van der Waals surface area contributed by atoms with Crippen molar-refractivity contribution >= 4 is 23.4 Å². The summed E-state index contributed by atoms with van der Waals surface area (Å²) in [6.07, 6.45) is 0.195. The normalized spacial score (nSPS) is 11.3. The van der Waals surface area contributed by atoms with Gasteiger partial charge >= 0.3 is 0 Å². The second-order valence-corrected chi connectivity index (χ2v) is 5.33. The van der Waals surface area contributed by atoms with E-state index in [4.69, 9.17) is 22.6 Å². The largest absolute Gasteiger partial charge is 0.368 e. The standard InChI is InChI=1S/C17H14ClN3O2/c18-14-7-2-1-6-13(14)17(23)21-15(16(20)22)9-11-4-3-5-12(8-11)10-19/h1-8,15H,9H2,(H2,20,22)(H,21,23)/t15-/m0/s1. The molecule has 0 aliphatic heterocycles. The molecule has 0 bridgehead atoms. The topological polar surface area (TPSA) is 96.0 Å². The highest BCUT2D eigenvalue weighted by molar-refractivity contribution is 6.33. The minimum absolute atomic E-state index is 0.195. The molecule has 0 saturated carbocycles. The number of carbonyl (C=O) groups excluding carboxylic acids is 2. The Morgan fingerprint density at radius 1 is 1.22 bits per heavy atom. The van der Waals surface area contributed by atoms with Gasteiger partial charge in [-0.3, -0.25) is 9.59 Å². The quantitative estimate of drug-likeness (QED) is 0.879. The number of rotatable bonds is 5. The van der Waals surface area contributed by atoms with Crippen LogP contribution in [0.1, 0.15) is 21.5 Å². The molecule has 2 aromatic carbocycles. The molecule has 0 fully saturated rings. The summed E-state index contributed by atoms with van der Waals surface area (Å²) < 4.78 is 0. The summed E-state index contributed by atoms with van der Waals surface area (Å²) in [7, 11) is 0. The van der Waals surface area contributed by atoms with Crippen molar-refractivity contribution in [3.63, 3.8) is 0 Å². The molecular formula is C17H14ClN3O2. The molecule has 3 N–H and O–H groups in total. The van der Waals surface area contributed by atoms with Crippen molar-refractivity contribution in [2.75, 3.05) is 0 Å². The zero-order chi connectivity index (χ0) is 16.8. The first kappa shape index (κ1) is 16.5. The van der Waals surface area contributed by atoms with E-state index in [1.165, 1.54) is 0 Å². The van der Waals surface area contributed by atoms with E-state index in [0.29, 0.717) is 10.6 Å². The number of nitrogens with zero attached hydrogens (tertiary/aromatic N) is 1. The molecule has 0 aliphatic rings. The van der Waals surface area contributed by atoms with Gasteiger partial charge in [0.05, 0.1) is 22.2 Å². The average Bonchev–Trinajstić information content (AvgIpc) is 2.54. The summed E-state index contributed by atoms with van der Waals surface area (Å²) in [6, 6.07) is 14.4. The van der Waals surface area contributed by atoms with E-state index in [-0.39, 0.29) is 12.0 Å². The number of halogens is 1. The van der Waals surface area contributed by atoms with E-state index in [1.807, 2.05) is 6.07 Å². The van der Waals surface area contributed by atoms with Crippen LogP contribution >= 0.6 is 11.6 Å². The van der Waals surface area contributed by atoms with Gasteiger partial charge in [-0.2, -0.15) is 5.26 Å². The van der Waals surface area contributed by atoms with Crippen LogP contribution in [0, 0.1) is 11.3 Å². The second-order valence-electron chi connectivity index (χ2n) is 4.92. The Kier molecular flexibility index (Phi) is 5.34. The number of carbonyl (C=O) groups is 2. The molecule has 5 nitrogen and oxygen atoms in total. The van der Waals surface area contributed by atoms with E-state index in [2.05, 4.69) is 5.32 Å². The third-order valence-electron chi connectivity index (χ3n) is 3.26. The third kappa shape index (κ3) is 4.31. The van der Waals surface area contributed by atoms with Crippen molar-refractivity contribution in [3.05, 3.63) is 70.2 Å². The monoisotopic (exact) mass is 327 g/mol. The SMILES string of the molecule is N#Cc1cccc(C[C@H](NC(=O)c2ccccc2Cl)C(N)=O)c1. The zero-order valence-corrected chi connectivity index (χ0v) is 12.9. The molecule has 2 amide bonds. The van der Waals surface area contributed by atoms with Gasteiger partial charge in [-0.1, -0.05) is 35.9 Å². The van der Waals surface area contributed by atoms with Crippen LogP contribution in [-0.4, -0.2) is 17.9 Å². The van der Waals surface area contributed by atoms with E-state index in [0.717, 1.165) is 5.56 Å². The van der Waals surface area contributed by atoms with Crippen molar-refractivity contribution < 1.29 is 9.59 Å². The summed E-state index contributed by atoms with van der Waals surface area (Å²) in [4.78, 5) is 23.9. The fourth-order valence-electron chi connectivity index (χ4n) is 2.11. The molecule has 1 atom stereocenters. The van der Waals surface area contributed by atoms with E-state index in [1.54, 1.807) is 48.5 Å². The van der Waals surface area contributed by atoms with Gasteiger partial charge in [-0.05, 0) is 29.8 Å². The molecule has 0 aromatic heterocycles. The minimum atomic E-state index is -0.896. The van der Waals surface area contributed by atoms with Crippen molar-refractivity contribution in [2.24, 2.45) is 5.73 Å². The van der Waals surface area contributed by atoms with Crippen molar-refractivity contribution in [2.45, 2.75) is 12.5 Å². The maximum atomic E-state index is 12.2. The van der Waals surface area contributed by atoms with E-state index >= 15 is 0 Å². The molecule has 0 unspecified atom stereocenters. The number of primary amides is 1. The van der Waals surface area contributed by atoms with Gasteiger partial charge in [-0.15, -0.1) is 0 Å². The molecule has 0 aliphatic carbocycles. The first-order valence-corrected chi connectivity index (χ1v) is 7.23. The number of nitrogens with two attached hydrogens (primary N) is 1. The number of amides is 2. The molecule has 116 valence electrons. The van der Waals surface area contributed by atoms with Crippen molar-refractivity contribution in [1.29, 1.82) is 5.26 Å². The second kappa shape index (κ2) is 7.43. The lowest BCUT2D eigenvalue weighted by molar-refractivity contribution is -0.119. The molecule has 0 saturated heterocycles. The van der Waals surface area contributed by atoms with Gasteiger partial charge in [0.1, 0.15) is 6.04 Å². The molecule has 23 heavy (non-hydrogen) atoms. The Hall–Kier alpha value is -2.84.